The fourth-order valence-electron chi connectivity index (χ4n) is 1.64. The van der Waals surface area contributed by atoms with Crippen LogP contribution < -0.4 is 5.32 Å². The third-order valence-corrected chi connectivity index (χ3v) is 2.61. The molecule has 0 saturated heterocycles. The van der Waals surface area contributed by atoms with Crippen molar-refractivity contribution in [3.8, 4) is 0 Å². The molecule has 0 radical (unpaired) electrons. The standard InChI is InChI=1S/C13H9F3N2O2/c14-10-5-12(16)13(6-11(10)15)17-7-8-2-1-3-9(4-8)18(19)20/h1-6,17H,7H2. The van der Waals surface area contributed by atoms with Gasteiger partial charge in [0.25, 0.3) is 5.69 Å². The number of non-ortho nitro benzene ring substituents is 1. The summed E-state index contributed by atoms with van der Waals surface area (Å²) in [6.45, 7) is 0.0453. The minimum Gasteiger partial charge on any atom is -0.379 e. The van der Waals surface area contributed by atoms with E-state index >= 15 is 0 Å². The van der Waals surface area contributed by atoms with Crippen molar-refractivity contribution in [2.75, 3.05) is 5.32 Å². The van der Waals surface area contributed by atoms with Gasteiger partial charge in [-0.05, 0) is 5.56 Å². The van der Waals surface area contributed by atoms with E-state index in [1.165, 1.54) is 18.2 Å². The summed E-state index contributed by atoms with van der Waals surface area (Å²) in [6, 6.07) is 6.84. The molecule has 0 spiro atoms. The summed E-state index contributed by atoms with van der Waals surface area (Å²) in [4.78, 5) is 10.0. The van der Waals surface area contributed by atoms with Crippen molar-refractivity contribution in [2.24, 2.45) is 0 Å². The Morgan fingerprint density at radius 3 is 2.45 bits per heavy atom. The number of nitrogens with zero attached hydrogens (tertiary/aromatic N) is 1. The van der Waals surface area contributed by atoms with Crippen molar-refractivity contribution in [1.82, 2.24) is 0 Å². The highest BCUT2D eigenvalue weighted by Gasteiger charge is 2.10. The van der Waals surface area contributed by atoms with Gasteiger partial charge in [-0.15, -0.1) is 0 Å². The molecule has 2 rings (SSSR count). The Balaban J connectivity index is 2.15. The van der Waals surface area contributed by atoms with Gasteiger partial charge in [-0.25, -0.2) is 13.2 Å². The second kappa shape index (κ2) is 5.60. The summed E-state index contributed by atoms with van der Waals surface area (Å²) in [6.07, 6.45) is 0. The molecule has 0 fully saturated rings. The Labute approximate surface area is 112 Å². The number of anilines is 1. The van der Waals surface area contributed by atoms with Crippen LogP contribution in [0.1, 0.15) is 5.56 Å². The van der Waals surface area contributed by atoms with Gasteiger partial charge in [-0.2, -0.15) is 0 Å². The zero-order valence-electron chi connectivity index (χ0n) is 10.1. The average molecular weight is 282 g/mol. The van der Waals surface area contributed by atoms with Gasteiger partial charge in [0.15, 0.2) is 11.6 Å². The van der Waals surface area contributed by atoms with E-state index in [-0.39, 0.29) is 17.9 Å². The summed E-state index contributed by atoms with van der Waals surface area (Å²) in [5.74, 6) is -3.38. The lowest BCUT2D eigenvalue weighted by Gasteiger charge is -2.08. The lowest BCUT2D eigenvalue weighted by atomic mass is 10.2. The molecule has 2 aromatic carbocycles. The van der Waals surface area contributed by atoms with E-state index in [9.17, 15) is 23.3 Å². The van der Waals surface area contributed by atoms with E-state index in [0.717, 1.165) is 0 Å². The summed E-state index contributed by atoms with van der Waals surface area (Å²) < 4.78 is 39.1. The third-order valence-electron chi connectivity index (χ3n) is 2.61. The maximum Gasteiger partial charge on any atom is 0.269 e. The van der Waals surface area contributed by atoms with Gasteiger partial charge in [-0.3, -0.25) is 10.1 Å². The van der Waals surface area contributed by atoms with Crippen LogP contribution in [-0.4, -0.2) is 4.92 Å². The Morgan fingerprint density at radius 2 is 1.75 bits per heavy atom. The Morgan fingerprint density at radius 1 is 1.05 bits per heavy atom. The van der Waals surface area contributed by atoms with Gasteiger partial charge in [0.05, 0.1) is 10.6 Å². The third kappa shape index (κ3) is 3.05. The molecule has 104 valence electrons. The average Bonchev–Trinajstić information content (AvgIpc) is 2.41. The largest absolute Gasteiger partial charge is 0.379 e. The van der Waals surface area contributed by atoms with Crippen LogP contribution in [0.2, 0.25) is 0 Å². The first-order chi connectivity index (χ1) is 9.47. The minimum atomic E-state index is -1.27. The topological polar surface area (TPSA) is 55.2 Å². The molecule has 0 bridgehead atoms. The number of hydrogen-bond donors (Lipinski definition) is 1. The Bertz CT molecular complexity index is 662. The van der Waals surface area contributed by atoms with Crippen LogP contribution >= 0.6 is 0 Å². The van der Waals surface area contributed by atoms with Crippen LogP contribution in [0.4, 0.5) is 24.5 Å². The number of nitro benzene ring substituents is 1. The lowest BCUT2D eigenvalue weighted by molar-refractivity contribution is -0.384. The maximum atomic E-state index is 13.4. The highest BCUT2D eigenvalue weighted by atomic mass is 19.2. The minimum absolute atomic E-state index is 0.0453. The SMILES string of the molecule is O=[N+]([O-])c1cccc(CNc2cc(F)c(F)cc2F)c1. The normalized spacial score (nSPS) is 10.3. The lowest BCUT2D eigenvalue weighted by Crippen LogP contribution is -2.03. The molecule has 0 atom stereocenters. The molecule has 2 aromatic rings. The molecular weight excluding hydrogens is 273 g/mol. The number of nitro groups is 1. The molecule has 0 aromatic heterocycles. The van der Waals surface area contributed by atoms with Gasteiger partial charge in [0, 0.05) is 30.8 Å². The first-order valence-electron chi connectivity index (χ1n) is 5.59. The molecule has 0 heterocycles. The molecule has 0 amide bonds. The van der Waals surface area contributed by atoms with Gasteiger partial charge < -0.3 is 5.32 Å². The van der Waals surface area contributed by atoms with Crippen LogP contribution in [0.25, 0.3) is 0 Å². The second-order valence-corrected chi connectivity index (χ2v) is 4.03. The summed E-state index contributed by atoms with van der Waals surface area (Å²) in [5.41, 5.74) is 0.203. The number of hydrogen-bond acceptors (Lipinski definition) is 3. The predicted octanol–water partition coefficient (Wildman–Crippen LogP) is 3.62. The van der Waals surface area contributed by atoms with Crippen LogP contribution in [0.5, 0.6) is 0 Å². The molecule has 1 N–H and O–H groups in total. The molecule has 20 heavy (non-hydrogen) atoms. The molecule has 7 heteroatoms. The predicted molar refractivity (Wildman–Crippen MR) is 66.7 cm³/mol. The Hall–Kier alpha value is -2.57. The van der Waals surface area contributed by atoms with Gasteiger partial charge in [0.2, 0.25) is 0 Å². The van der Waals surface area contributed by atoms with Crippen molar-refractivity contribution >= 4 is 11.4 Å². The molecule has 0 saturated carbocycles. The first kappa shape index (κ1) is 13.9. The van der Waals surface area contributed by atoms with Crippen molar-refractivity contribution in [1.29, 1.82) is 0 Å². The highest BCUT2D eigenvalue weighted by Crippen LogP contribution is 2.20. The number of rotatable bonds is 4. The molecule has 0 aliphatic heterocycles. The van der Waals surface area contributed by atoms with Gasteiger partial charge in [0.1, 0.15) is 5.82 Å². The molecule has 4 nitrogen and oxygen atoms in total. The zero-order valence-corrected chi connectivity index (χ0v) is 10.1. The van der Waals surface area contributed by atoms with Crippen molar-refractivity contribution < 1.29 is 18.1 Å². The summed E-state index contributed by atoms with van der Waals surface area (Å²) in [7, 11) is 0. The van der Waals surface area contributed by atoms with Gasteiger partial charge in [-0.1, -0.05) is 12.1 Å². The number of halogens is 3. The van der Waals surface area contributed by atoms with E-state index in [1.807, 2.05) is 0 Å². The Kier molecular flexibility index (Phi) is 3.88. The summed E-state index contributed by atoms with van der Waals surface area (Å²) >= 11 is 0. The fourth-order valence-corrected chi connectivity index (χ4v) is 1.64. The van der Waals surface area contributed by atoms with E-state index in [0.29, 0.717) is 17.7 Å². The van der Waals surface area contributed by atoms with E-state index in [1.54, 1.807) is 6.07 Å². The van der Waals surface area contributed by atoms with Crippen molar-refractivity contribution in [3.05, 3.63) is 69.5 Å². The van der Waals surface area contributed by atoms with E-state index in [4.69, 9.17) is 0 Å². The number of benzene rings is 2. The highest BCUT2D eigenvalue weighted by molar-refractivity contribution is 5.46. The van der Waals surface area contributed by atoms with Gasteiger partial charge >= 0.3 is 0 Å². The van der Waals surface area contributed by atoms with E-state index < -0.39 is 22.4 Å². The maximum absolute atomic E-state index is 13.4. The van der Waals surface area contributed by atoms with Crippen molar-refractivity contribution in [3.63, 3.8) is 0 Å². The smallest absolute Gasteiger partial charge is 0.269 e. The molecular formula is C13H9F3N2O2. The zero-order chi connectivity index (χ0) is 14.7. The molecule has 0 aliphatic rings. The second-order valence-electron chi connectivity index (χ2n) is 4.03. The van der Waals surface area contributed by atoms with Crippen LogP contribution in [0.15, 0.2) is 36.4 Å². The molecule has 0 unspecified atom stereocenters. The monoisotopic (exact) mass is 282 g/mol. The summed E-state index contributed by atoms with van der Waals surface area (Å²) in [5, 5.41) is 13.2. The fraction of sp³-hybridized carbons (Fsp3) is 0.0769. The number of nitrogens with one attached hydrogen (secondary N) is 1. The molecule has 0 aliphatic carbocycles. The van der Waals surface area contributed by atoms with E-state index in [2.05, 4.69) is 5.32 Å². The van der Waals surface area contributed by atoms with Crippen LogP contribution in [0.3, 0.4) is 0 Å². The van der Waals surface area contributed by atoms with Crippen LogP contribution in [0, 0.1) is 27.6 Å². The first-order valence-corrected chi connectivity index (χ1v) is 5.59. The van der Waals surface area contributed by atoms with Crippen LogP contribution in [-0.2, 0) is 6.54 Å². The van der Waals surface area contributed by atoms with Crippen molar-refractivity contribution in [2.45, 2.75) is 6.54 Å². The quantitative estimate of drug-likeness (QED) is 0.529.